The molecule has 0 bridgehead atoms. The lowest BCUT2D eigenvalue weighted by Gasteiger charge is -2.18. The highest BCUT2D eigenvalue weighted by molar-refractivity contribution is 7.09. The molecule has 0 radical (unpaired) electrons. The number of rotatable bonds is 6. The Morgan fingerprint density at radius 2 is 2.32 bits per heavy atom. The summed E-state index contributed by atoms with van der Waals surface area (Å²) in [5.41, 5.74) is 2.73. The summed E-state index contributed by atoms with van der Waals surface area (Å²) in [5.74, 6) is -0.369. The second-order valence-corrected chi connectivity index (χ2v) is 5.73. The minimum absolute atomic E-state index is 0.0900. The van der Waals surface area contributed by atoms with Crippen LogP contribution in [0.4, 0.5) is 4.39 Å². The van der Waals surface area contributed by atoms with Crippen LogP contribution in [0.15, 0.2) is 29.9 Å². The average Bonchev–Trinajstić information content (AvgIpc) is 2.91. The predicted molar refractivity (Wildman–Crippen MR) is 78.3 cm³/mol. The molecular weight excluding hydrogens is 283 g/mol. The first-order valence-corrected chi connectivity index (χ1v) is 7.52. The Labute approximate surface area is 121 Å². The maximum atomic E-state index is 13.6. The smallest absolute Gasteiger partial charge is 0.142 e. The number of benzene rings is 1. The largest absolute Gasteiger partial charge is 0.310 e. The third kappa shape index (κ3) is 4.00. The summed E-state index contributed by atoms with van der Waals surface area (Å²) >= 11 is 7.34. The summed E-state index contributed by atoms with van der Waals surface area (Å²) in [5, 5.41) is 3.60. The van der Waals surface area contributed by atoms with Crippen LogP contribution in [0.1, 0.15) is 29.8 Å². The van der Waals surface area contributed by atoms with Crippen LogP contribution in [0.2, 0.25) is 5.02 Å². The van der Waals surface area contributed by atoms with Gasteiger partial charge in [-0.15, -0.1) is 11.3 Å². The van der Waals surface area contributed by atoms with Gasteiger partial charge in [0.1, 0.15) is 5.82 Å². The van der Waals surface area contributed by atoms with E-state index in [1.807, 2.05) is 17.8 Å². The molecule has 0 amide bonds. The predicted octanol–water partition coefficient (Wildman–Crippen LogP) is 4.22. The number of halogens is 2. The Hall–Kier alpha value is -0.970. The van der Waals surface area contributed by atoms with Gasteiger partial charge in [-0.05, 0) is 30.7 Å². The van der Waals surface area contributed by atoms with Crippen molar-refractivity contribution in [2.75, 3.05) is 6.54 Å². The molecule has 5 heteroatoms. The minimum Gasteiger partial charge on any atom is -0.310 e. The van der Waals surface area contributed by atoms with Gasteiger partial charge >= 0.3 is 0 Å². The molecule has 19 heavy (non-hydrogen) atoms. The highest BCUT2D eigenvalue weighted by Gasteiger charge is 2.14. The van der Waals surface area contributed by atoms with E-state index in [9.17, 15) is 4.39 Å². The van der Waals surface area contributed by atoms with Crippen molar-refractivity contribution in [3.05, 3.63) is 51.2 Å². The molecule has 2 nitrogen and oxygen atoms in total. The zero-order chi connectivity index (χ0) is 13.7. The zero-order valence-corrected chi connectivity index (χ0v) is 12.3. The van der Waals surface area contributed by atoms with Gasteiger partial charge in [0.15, 0.2) is 0 Å². The van der Waals surface area contributed by atoms with Crippen LogP contribution in [0, 0.1) is 5.82 Å². The fraction of sp³-hybridized carbons (Fsp3) is 0.357. The van der Waals surface area contributed by atoms with Crippen LogP contribution in [0.5, 0.6) is 0 Å². The summed E-state index contributed by atoms with van der Waals surface area (Å²) in [6.07, 6.45) is 3.71. The van der Waals surface area contributed by atoms with Gasteiger partial charge in [-0.3, -0.25) is 4.98 Å². The fourth-order valence-electron chi connectivity index (χ4n) is 1.90. The summed E-state index contributed by atoms with van der Waals surface area (Å²) in [7, 11) is 0. The second-order valence-electron chi connectivity index (χ2n) is 4.35. The van der Waals surface area contributed by atoms with E-state index in [-0.39, 0.29) is 16.9 Å². The van der Waals surface area contributed by atoms with Crippen molar-refractivity contribution in [3.8, 4) is 0 Å². The lowest BCUT2D eigenvalue weighted by molar-refractivity contribution is 0.527. The Morgan fingerprint density at radius 1 is 1.47 bits per heavy atom. The maximum Gasteiger partial charge on any atom is 0.142 e. The normalized spacial score (nSPS) is 12.6. The molecule has 0 saturated carbocycles. The van der Waals surface area contributed by atoms with Crippen molar-refractivity contribution in [1.29, 1.82) is 0 Å². The molecule has 102 valence electrons. The van der Waals surface area contributed by atoms with E-state index >= 15 is 0 Å². The van der Waals surface area contributed by atoms with E-state index in [1.54, 1.807) is 17.4 Å². The van der Waals surface area contributed by atoms with Crippen molar-refractivity contribution < 1.29 is 4.39 Å². The molecule has 1 aromatic heterocycles. The monoisotopic (exact) mass is 298 g/mol. The Balaban J connectivity index is 2.18. The molecule has 0 aliphatic rings. The molecule has 2 rings (SSSR count). The van der Waals surface area contributed by atoms with Crippen LogP contribution < -0.4 is 5.32 Å². The number of hydrogen-bond acceptors (Lipinski definition) is 3. The molecule has 1 unspecified atom stereocenters. The first kappa shape index (κ1) is 14.4. The molecule has 2 aromatic rings. The number of nitrogens with zero attached hydrogens (tertiary/aromatic N) is 1. The van der Waals surface area contributed by atoms with Gasteiger partial charge in [0.25, 0.3) is 0 Å². The summed E-state index contributed by atoms with van der Waals surface area (Å²) in [6.45, 7) is 3.01. The molecule has 1 aromatic carbocycles. The maximum absolute atomic E-state index is 13.6. The van der Waals surface area contributed by atoms with Crippen molar-refractivity contribution in [3.63, 3.8) is 0 Å². The quantitative estimate of drug-likeness (QED) is 0.864. The molecular formula is C14H16ClFN2S. The van der Waals surface area contributed by atoms with Crippen molar-refractivity contribution >= 4 is 22.9 Å². The van der Waals surface area contributed by atoms with Gasteiger partial charge in [0, 0.05) is 23.5 Å². The van der Waals surface area contributed by atoms with Gasteiger partial charge < -0.3 is 5.32 Å². The van der Waals surface area contributed by atoms with Crippen LogP contribution in [0.3, 0.4) is 0 Å². The van der Waals surface area contributed by atoms with Crippen LogP contribution in [-0.2, 0) is 6.42 Å². The standard InChI is InChI=1S/C14H16ClFN2S/c1-2-5-18-14(7-11-8-17-9-19-11)10-3-4-12(15)13(16)6-10/h3-4,6,8-9,14,18H,2,5,7H2,1H3. The lowest BCUT2D eigenvalue weighted by Crippen LogP contribution is -2.24. The van der Waals surface area contributed by atoms with Gasteiger partial charge in [-0.25, -0.2) is 4.39 Å². The molecule has 1 atom stereocenters. The average molecular weight is 299 g/mol. The molecule has 1 heterocycles. The van der Waals surface area contributed by atoms with E-state index < -0.39 is 0 Å². The van der Waals surface area contributed by atoms with Gasteiger partial charge in [-0.1, -0.05) is 24.6 Å². The SMILES string of the molecule is CCCNC(Cc1cncs1)c1ccc(Cl)c(F)c1. The first-order valence-electron chi connectivity index (χ1n) is 6.26. The lowest BCUT2D eigenvalue weighted by atomic mass is 10.0. The van der Waals surface area contributed by atoms with E-state index in [2.05, 4.69) is 17.2 Å². The van der Waals surface area contributed by atoms with E-state index in [1.165, 1.54) is 10.9 Å². The van der Waals surface area contributed by atoms with Crippen molar-refractivity contribution in [2.45, 2.75) is 25.8 Å². The topological polar surface area (TPSA) is 24.9 Å². The number of hydrogen-bond donors (Lipinski definition) is 1. The summed E-state index contributed by atoms with van der Waals surface area (Å²) in [6, 6.07) is 5.09. The fourth-order valence-corrected chi connectivity index (χ4v) is 2.66. The van der Waals surface area contributed by atoms with Gasteiger partial charge in [-0.2, -0.15) is 0 Å². The van der Waals surface area contributed by atoms with Crippen LogP contribution in [0.25, 0.3) is 0 Å². The molecule has 1 N–H and O–H groups in total. The molecule has 0 aliphatic heterocycles. The third-order valence-electron chi connectivity index (χ3n) is 2.88. The molecule has 0 fully saturated rings. The van der Waals surface area contributed by atoms with E-state index in [4.69, 9.17) is 11.6 Å². The minimum atomic E-state index is -0.369. The first-order chi connectivity index (χ1) is 9.20. The zero-order valence-electron chi connectivity index (χ0n) is 10.7. The number of nitrogens with one attached hydrogen (secondary N) is 1. The van der Waals surface area contributed by atoms with Crippen LogP contribution in [-0.4, -0.2) is 11.5 Å². The van der Waals surface area contributed by atoms with E-state index in [0.29, 0.717) is 0 Å². The molecule has 0 aliphatic carbocycles. The summed E-state index contributed by atoms with van der Waals surface area (Å²) < 4.78 is 13.6. The van der Waals surface area contributed by atoms with Crippen molar-refractivity contribution in [2.24, 2.45) is 0 Å². The van der Waals surface area contributed by atoms with Crippen LogP contribution >= 0.6 is 22.9 Å². The number of aromatic nitrogens is 1. The molecule has 0 saturated heterocycles. The van der Waals surface area contributed by atoms with Crippen molar-refractivity contribution in [1.82, 2.24) is 10.3 Å². The Morgan fingerprint density at radius 3 is 2.95 bits per heavy atom. The highest BCUT2D eigenvalue weighted by Crippen LogP contribution is 2.24. The third-order valence-corrected chi connectivity index (χ3v) is 3.98. The van der Waals surface area contributed by atoms with Gasteiger partial charge in [0.05, 0.1) is 10.5 Å². The highest BCUT2D eigenvalue weighted by atomic mass is 35.5. The Kier molecular flexibility index (Phi) is 5.31. The Bertz CT molecular complexity index is 516. The van der Waals surface area contributed by atoms with E-state index in [0.717, 1.165) is 24.9 Å². The summed E-state index contributed by atoms with van der Waals surface area (Å²) in [4.78, 5) is 5.26. The van der Waals surface area contributed by atoms with Gasteiger partial charge in [0.2, 0.25) is 0 Å². The number of thiazole rings is 1. The second kappa shape index (κ2) is 6.98. The molecule has 0 spiro atoms.